The third kappa shape index (κ3) is 4.32. The van der Waals surface area contributed by atoms with Gasteiger partial charge in [0.2, 0.25) is 0 Å². The topological polar surface area (TPSA) is 115 Å². The summed E-state index contributed by atoms with van der Waals surface area (Å²) < 4.78 is 8.82. The first-order valence-corrected chi connectivity index (χ1v) is 9.77. The van der Waals surface area contributed by atoms with Gasteiger partial charge in [0.05, 0.1) is 31.0 Å². The van der Waals surface area contributed by atoms with Crippen molar-refractivity contribution in [1.82, 2.24) is 24.5 Å². The van der Waals surface area contributed by atoms with Crippen molar-refractivity contribution >= 4 is 12.2 Å². The summed E-state index contributed by atoms with van der Waals surface area (Å²) in [5.41, 5.74) is 0.967. The molecule has 0 amide bonds. The van der Waals surface area contributed by atoms with Crippen LogP contribution in [0.25, 0.3) is 12.2 Å². The molecule has 2 aromatic heterocycles. The number of aromatic nitrogens is 5. The Morgan fingerprint density at radius 1 is 1.23 bits per heavy atom. The molecule has 1 saturated heterocycles. The van der Waals surface area contributed by atoms with Crippen LogP contribution in [0.15, 0.2) is 52.3 Å². The van der Waals surface area contributed by atoms with E-state index in [-0.39, 0.29) is 18.6 Å². The van der Waals surface area contributed by atoms with Gasteiger partial charge in [-0.3, -0.25) is 14.3 Å². The summed E-state index contributed by atoms with van der Waals surface area (Å²) >= 11 is 0. The van der Waals surface area contributed by atoms with E-state index in [9.17, 15) is 14.7 Å². The van der Waals surface area contributed by atoms with Gasteiger partial charge in [-0.15, -0.1) is 5.10 Å². The molecule has 9 nitrogen and oxygen atoms in total. The van der Waals surface area contributed by atoms with Crippen molar-refractivity contribution in [2.24, 2.45) is 5.92 Å². The summed E-state index contributed by atoms with van der Waals surface area (Å²) in [5.74, 6) is 0.109. The molecule has 9 heteroatoms. The van der Waals surface area contributed by atoms with Crippen molar-refractivity contribution in [2.75, 3.05) is 6.61 Å². The molecule has 3 aromatic rings. The van der Waals surface area contributed by atoms with E-state index in [1.165, 1.54) is 10.8 Å². The Hall–Kier alpha value is -3.30. The van der Waals surface area contributed by atoms with Gasteiger partial charge in [-0.05, 0) is 30.1 Å². The van der Waals surface area contributed by atoms with Crippen LogP contribution in [0.2, 0.25) is 0 Å². The first-order chi connectivity index (χ1) is 14.5. The van der Waals surface area contributed by atoms with Crippen LogP contribution in [0.3, 0.4) is 0 Å². The van der Waals surface area contributed by atoms with E-state index >= 15 is 0 Å². The number of nitrogens with zero attached hydrogens (tertiary/aromatic N) is 4. The predicted octanol–water partition coefficient (Wildman–Crippen LogP) is 1.26. The Kier molecular flexibility index (Phi) is 5.73. The monoisotopic (exact) mass is 409 g/mol. The van der Waals surface area contributed by atoms with E-state index in [0.29, 0.717) is 24.2 Å². The normalized spacial score (nSPS) is 21.5. The lowest BCUT2D eigenvalue weighted by molar-refractivity contribution is -0.0313. The minimum atomic E-state index is -0.540. The zero-order valence-electron chi connectivity index (χ0n) is 16.5. The fourth-order valence-corrected chi connectivity index (χ4v) is 3.51. The average Bonchev–Trinajstić information content (AvgIpc) is 3.34. The van der Waals surface area contributed by atoms with Gasteiger partial charge in [0, 0.05) is 6.20 Å². The second kappa shape index (κ2) is 8.60. The Labute approximate surface area is 172 Å². The molecule has 0 spiro atoms. The van der Waals surface area contributed by atoms with Crippen LogP contribution in [0.4, 0.5) is 0 Å². The minimum absolute atomic E-state index is 0.109. The maximum absolute atomic E-state index is 12.2. The van der Waals surface area contributed by atoms with E-state index < -0.39 is 17.5 Å². The second-order valence-electron chi connectivity index (χ2n) is 7.44. The molecular weight excluding hydrogens is 386 g/mol. The third-order valence-corrected chi connectivity index (χ3v) is 5.20. The standard InChI is InChI=1S/C21H23N5O4/c1-14-9-19(30-18(14)13-27)26-11-16(20(28)22-21(26)29)7-8-17-12-25(24-23-17)10-15-5-3-2-4-6-15/h2-8,11-12,14,18-19,27H,9-10,13H2,1H3,(H,22,28,29)/b8-7+/t14-,18-,19-/m1/s1. The summed E-state index contributed by atoms with van der Waals surface area (Å²) in [6.07, 6.45) is 6.24. The summed E-state index contributed by atoms with van der Waals surface area (Å²) in [6, 6.07) is 9.90. The largest absolute Gasteiger partial charge is 0.394 e. The van der Waals surface area contributed by atoms with Crippen molar-refractivity contribution in [3.8, 4) is 0 Å². The first kappa shape index (κ1) is 20.0. The van der Waals surface area contributed by atoms with Crippen LogP contribution < -0.4 is 11.2 Å². The van der Waals surface area contributed by atoms with Crippen LogP contribution in [-0.4, -0.2) is 42.4 Å². The third-order valence-electron chi connectivity index (χ3n) is 5.20. The van der Waals surface area contributed by atoms with Crippen LogP contribution in [-0.2, 0) is 11.3 Å². The molecule has 0 unspecified atom stereocenters. The molecule has 156 valence electrons. The summed E-state index contributed by atoms with van der Waals surface area (Å²) in [6.45, 7) is 2.44. The summed E-state index contributed by atoms with van der Waals surface area (Å²) in [7, 11) is 0. The van der Waals surface area contributed by atoms with Crippen molar-refractivity contribution in [3.63, 3.8) is 0 Å². The number of rotatable bonds is 6. The summed E-state index contributed by atoms with van der Waals surface area (Å²) in [5, 5.41) is 17.6. The number of benzene rings is 1. The molecule has 1 aromatic carbocycles. The van der Waals surface area contributed by atoms with Crippen LogP contribution in [0.5, 0.6) is 0 Å². The van der Waals surface area contributed by atoms with Gasteiger partial charge in [-0.1, -0.05) is 42.5 Å². The molecule has 3 atom stereocenters. The zero-order valence-corrected chi connectivity index (χ0v) is 16.5. The molecule has 1 aliphatic heterocycles. The molecular formula is C21H23N5O4. The van der Waals surface area contributed by atoms with Gasteiger partial charge >= 0.3 is 5.69 Å². The number of hydrogen-bond donors (Lipinski definition) is 2. The molecule has 3 heterocycles. The van der Waals surface area contributed by atoms with Gasteiger partial charge in [-0.25, -0.2) is 9.48 Å². The fourth-order valence-electron chi connectivity index (χ4n) is 3.51. The Balaban J connectivity index is 1.53. The van der Waals surface area contributed by atoms with Gasteiger partial charge in [0.15, 0.2) is 0 Å². The molecule has 1 aliphatic rings. The highest BCUT2D eigenvalue weighted by atomic mass is 16.5. The molecule has 2 N–H and O–H groups in total. The van der Waals surface area contributed by atoms with Crippen LogP contribution in [0, 0.1) is 5.92 Å². The highest BCUT2D eigenvalue weighted by Gasteiger charge is 2.33. The predicted molar refractivity (Wildman–Crippen MR) is 111 cm³/mol. The quantitative estimate of drug-likeness (QED) is 0.633. The number of H-pyrrole nitrogens is 1. The Morgan fingerprint density at radius 2 is 2.03 bits per heavy atom. The van der Waals surface area contributed by atoms with E-state index in [1.807, 2.05) is 37.3 Å². The van der Waals surface area contributed by atoms with E-state index in [2.05, 4.69) is 15.3 Å². The molecule has 30 heavy (non-hydrogen) atoms. The van der Waals surface area contributed by atoms with Crippen molar-refractivity contribution < 1.29 is 9.84 Å². The SMILES string of the molecule is C[C@@H]1C[C@H](n2cc(/C=C/c3cn(Cc4ccccc4)nn3)c(=O)[nH]c2=O)O[C@@H]1CO. The molecule has 1 fully saturated rings. The van der Waals surface area contributed by atoms with Crippen molar-refractivity contribution in [3.05, 3.63) is 80.4 Å². The molecule has 0 saturated carbocycles. The van der Waals surface area contributed by atoms with Gasteiger partial charge < -0.3 is 9.84 Å². The Morgan fingerprint density at radius 3 is 2.77 bits per heavy atom. The van der Waals surface area contributed by atoms with Gasteiger partial charge in [-0.2, -0.15) is 0 Å². The highest BCUT2D eigenvalue weighted by molar-refractivity contribution is 5.66. The second-order valence-corrected chi connectivity index (χ2v) is 7.44. The van der Waals surface area contributed by atoms with E-state index in [0.717, 1.165) is 5.56 Å². The average molecular weight is 409 g/mol. The lowest BCUT2D eigenvalue weighted by Crippen LogP contribution is -2.33. The molecule has 0 aliphatic carbocycles. The number of nitrogens with one attached hydrogen (secondary N) is 1. The van der Waals surface area contributed by atoms with E-state index in [4.69, 9.17) is 4.74 Å². The molecule has 4 rings (SSSR count). The molecule has 0 radical (unpaired) electrons. The van der Waals surface area contributed by atoms with Crippen molar-refractivity contribution in [2.45, 2.75) is 32.2 Å². The van der Waals surface area contributed by atoms with Crippen LogP contribution in [0.1, 0.15) is 36.4 Å². The number of aromatic amines is 1. The number of aliphatic hydroxyl groups is 1. The first-order valence-electron chi connectivity index (χ1n) is 9.77. The lowest BCUT2D eigenvalue weighted by Gasteiger charge is -2.15. The van der Waals surface area contributed by atoms with Crippen LogP contribution >= 0.6 is 0 Å². The zero-order chi connectivity index (χ0) is 21.1. The van der Waals surface area contributed by atoms with E-state index in [1.54, 1.807) is 23.0 Å². The minimum Gasteiger partial charge on any atom is -0.394 e. The fraction of sp³-hybridized carbons (Fsp3) is 0.333. The number of aliphatic hydroxyl groups excluding tert-OH is 1. The summed E-state index contributed by atoms with van der Waals surface area (Å²) in [4.78, 5) is 26.8. The smallest absolute Gasteiger partial charge is 0.330 e. The van der Waals surface area contributed by atoms with Gasteiger partial charge in [0.1, 0.15) is 11.9 Å². The maximum atomic E-state index is 12.2. The van der Waals surface area contributed by atoms with Gasteiger partial charge in [0.25, 0.3) is 5.56 Å². The maximum Gasteiger partial charge on any atom is 0.330 e. The number of hydrogen-bond acceptors (Lipinski definition) is 6. The lowest BCUT2D eigenvalue weighted by atomic mass is 10.0. The number of ether oxygens (including phenoxy) is 1. The highest BCUT2D eigenvalue weighted by Crippen LogP contribution is 2.31. The molecule has 0 bridgehead atoms. The van der Waals surface area contributed by atoms with Crippen molar-refractivity contribution in [1.29, 1.82) is 0 Å². The Bertz CT molecular complexity index is 1150.